The summed E-state index contributed by atoms with van der Waals surface area (Å²) in [6.07, 6.45) is 0. The van der Waals surface area contributed by atoms with Gasteiger partial charge >= 0.3 is 0 Å². The molecule has 21 heavy (non-hydrogen) atoms. The molecule has 0 atom stereocenters. The molecule has 0 amide bonds. The SMILES string of the molecule is Nc1cccc(Oc2c(N)cccc2-c2ccccc2)c1. The second-order valence-electron chi connectivity index (χ2n) is 4.76. The molecule has 0 aliphatic carbocycles. The number of ether oxygens (including phenoxy) is 1. The molecule has 0 saturated carbocycles. The van der Waals surface area contributed by atoms with Crippen LogP contribution in [0.4, 0.5) is 11.4 Å². The van der Waals surface area contributed by atoms with Crippen LogP contribution in [-0.2, 0) is 0 Å². The number of nitrogens with two attached hydrogens (primary N) is 2. The molecule has 3 aromatic rings. The van der Waals surface area contributed by atoms with E-state index in [1.807, 2.05) is 66.7 Å². The maximum Gasteiger partial charge on any atom is 0.158 e. The Morgan fingerprint density at radius 1 is 0.714 bits per heavy atom. The van der Waals surface area contributed by atoms with Gasteiger partial charge in [0.1, 0.15) is 5.75 Å². The summed E-state index contributed by atoms with van der Waals surface area (Å²) in [5.41, 5.74) is 15.1. The van der Waals surface area contributed by atoms with Crippen LogP contribution < -0.4 is 16.2 Å². The summed E-state index contributed by atoms with van der Waals surface area (Å²) in [4.78, 5) is 0. The lowest BCUT2D eigenvalue weighted by Gasteiger charge is -2.14. The fourth-order valence-corrected chi connectivity index (χ4v) is 2.21. The summed E-state index contributed by atoms with van der Waals surface area (Å²) in [6, 6.07) is 23.1. The number of anilines is 2. The van der Waals surface area contributed by atoms with Crippen LogP contribution in [0.2, 0.25) is 0 Å². The van der Waals surface area contributed by atoms with Gasteiger partial charge in [-0.25, -0.2) is 0 Å². The molecule has 0 aliphatic rings. The van der Waals surface area contributed by atoms with Crippen LogP contribution >= 0.6 is 0 Å². The highest BCUT2D eigenvalue weighted by atomic mass is 16.5. The monoisotopic (exact) mass is 276 g/mol. The molecule has 3 rings (SSSR count). The van der Waals surface area contributed by atoms with Gasteiger partial charge in [0.25, 0.3) is 0 Å². The molecule has 4 N–H and O–H groups in total. The molecule has 3 heteroatoms. The van der Waals surface area contributed by atoms with Gasteiger partial charge in [0.2, 0.25) is 0 Å². The zero-order valence-electron chi connectivity index (χ0n) is 11.5. The molecule has 3 aromatic carbocycles. The fourth-order valence-electron chi connectivity index (χ4n) is 2.21. The average molecular weight is 276 g/mol. The first-order valence-corrected chi connectivity index (χ1v) is 6.71. The highest BCUT2D eigenvalue weighted by molar-refractivity contribution is 5.77. The summed E-state index contributed by atoms with van der Waals surface area (Å²) in [5, 5.41) is 0. The minimum atomic E-state index is 0.596. The lowest BCUT2D eigenvalue weighted by molar-refractivity contribution is 0.487. The van der Waals surface area contributed by atoms with Crippen molar-refractivity contribution in [2.75, 3.05) is 11.5 Å². The average Bonchev–Trinajstić information content (AvgIpc) is 2.50. The molecule has 0 fully saturated rings. The molecule has 0 bridgehead atoms. The van der Waals surface area contributed by atoms with E-state index in [9.17, 15) is 0 Å². The maximum atomic E-state index is 6.09. The Kier molecular flexibility index (Phi) is 3.48. The van der Waals surface area contributed by atoms with Gasteiger partial charge in [-0.2, -0.15) is 0 Å². The van der Waals surface area contributed by atoms with Gasteiger partial charge < -0.3 is 16.2 Å². The number of hydrogen-bond donors (Lipinski definition) is 2. The van der Waals surface area contributed by atoms with Crippen molar-refractivity contribution in [1.82, 2.24) is 0 Å². The van der Waals surface area contributed by atoms with Crippen molar-refractivity contribution < 1.29 is 4.74 Å². The first-order valence-electron chi connectivity index (χ1n) is 6.71. The van der Waals surface area contributed by atoms with Gasteiger partial charge in [0.15, 0.2) is 5.75 Å². The molecule has 0 heterocycles. The third kappa shape index (κ3) is 2.82. The van der Waals surface area contributed by atoms with Crippen molar-refractivity contribution in [2.24, 2.45) is 0 Å². The Balaban J connectivity index is 2.06. The summed E-state index contributed by atoms with van der Waals surface area (Å²) in [5.74, 6) is 1.32. The highest BCUT2D eigenvalue weighted by Crippen LogP contribution is 2.38. The number of para-hydroxylation sites is 1. The van der Waals surface area contributed by atoms with Crippen LogP contribution in [0.25, 0.3) is 11.1 Å². The number of benzene rings is 3. The molecule has 0 spiro atoms. The van der Waals surface area contributed by atoms with Crippen molar-refractivity contribution in [2.45, 2.75) is 0 Å². The van der Waals surface area contributed by atoms with Crippen LogP contribution in [0.15, 0.2) is 72.8 Å². The largest absolute Gasteiger partial charge is 0.454 e. The summed E-state index contributed by atoms with van der Waals surface area (Å²) in [7, 11) is 0. The standard InChI is InChI=1S/C18H16N2O/c19-14-8-4-9-15(12-14)21-18-16(10-5-11-17(18)20)13-6-2-1-3-7-13/h1-12H,19-20H2. The van der Waals surface area contributed by atoms with E-state index in [-0.39, 0.29) is 0 Å². The van der Waals surface area contributed by atoms with Crippen molar-refractivity contribution in [1.29, 1.82) is 0 Å². The van der Waals surface area contributed by atoms with E-state index in [0.717, 1.165) is 11.1 Å². The minimum absolute atomic E-state index is 0.596. The third-order valence-electron chi connectivity index (χ3n) is 3.21. The molecule has 0 radical (unpaired) electrons. The van der Waals surface area contributed by atoms with Crippen LogP contribution in [0.3, 0.4) is 0 Å². The molecule has 3 nitrogen and oxygen atoms in total. The Morgan fingerprint density at radius 2 is 1.48 bits per heavy atom. The van der Waals surface area contributed by atoms with E-state index in [4.69, 9.17) is 16.2 Å². The van der Waals surface area contributed by atoms with Crippen LogP contribution in [0.5, 0.6) is 11.5 Å². The highest BCUT2D eigenvalue weighted by Gasteiger charge is 2.10. The van der Waals surface area contributed by atoms with Crippen molar-refractivity contribution in [3.63, 3.8) is 0 Å². The van der Waals surface area contributed by atoms with E-state index in [2.05, 4.69) is 0 Å². The van der Waals surface area contributed by atoms with Crippen LogP contribution in [-0.4, -0.2) is 0 Å². The summed E-state index contributed by atoms with van der Waals surface area (Å²) >= 11 is 0. The predicted octanol–water partition coefficient (Wildman–Crippen LogP) is 4.31. The zero-order valence-corrected chi connectivity index (χ0v) is 11.5. The van der Waals surface area contributed by atoms with Gasteiger partial charge in [0, 0.05) is 17.3 Å². The quantitative estimate of drug-likeness (QED) is 0.701. The topological polar surface area (TPSA) is 61.3 Å². The smallest absolute Gasteiger partial charge is 0.158 e. The van der Waals surface area contributed by atoms with E-state index < -0.39 is 0 Å². The van der Waals surface area contributed by atoms with Crippen LogP contribution in [0.1, 0.15) is 0 Å². The Labute approximate surface area is 123 Å². The number of hydrogen-bond acceptors (Lipinski definition) is 3. The minimum Gasteiger partial charge on any atom is -0.454 e. The Bertz CT molecular complexity index is 754. The normalized spacial score (nSPS) is 10.3. The second kappa shape index (κ2) is 5.59. The molecular formula is C18H16N2O. The fraction of sp³-hybridized carbons (Fsp3) is 0. The van der Waals surface area contributed by atoms with E-state index >= 15 is 0 Å². The van der Waals surface area contributed by atoms with E-state index in [1.54, 1.807) is 6.07 Å². The van der Waals surface area contributed by atoms with Crippen molar-refractivity contribution in [3.8, 4) is 22.6 Å². The maximum absolute atomic E-state index is 6.09. The summed E-state index contributed by atoms with van der Waals surface area (Å²) < 4.78 is 5.97. The van der Waals surface area contributed by atoms with Crippen molar-refractivity contribution in [3.05, 3.63) is 72.8 Å². The molecule has 104 valence electrons. The molecule has 0 saturated heterocycles. The zero-order chi connectivity index (χ0) is 14.7. The van der Waals surface area contributed by atoms with Gasteiger partial charge in [-0.3, -0.25) is 0 Å². The van der Waals surface area contributed by atoms with Gasteiger partial charge in [0.05, 0.1) is 5.69 Å². The lowest BCUT2D eigenvalue weighted by atomic mass is 10.0. The van der Waals surface area contributed by atoms with E-state index in [0.29, 0.717) is 22.9 Å². The van der Waals surface area contributed by atoms with Gasteiger partial charge in [-0.1, -0.05) is 48.5 Å². The van der Waals surface area contributed by atoms with Crippen LogP contribution in [0, 0.1) is 0 Å². The Morgan fingerprint density at radius 3 is 2.24 bits per heavy atom. The van der Waals surface area contributed by atoms with E-state index in [1.165, 1.54) is 0 Å². The molecular weight excluding hydrogens is 260 g/mol. The first kappa shape index (κ1) is 13.1. The number of rotatable bonds is 3. The first-order chi connectivity index (χ1) is 10.2. The summed E-state index contributed by atoms with van der Waals surface area (Å²) in [6.45, 7) is 0. The third-order valence-corrected chi connectivity index (χ3v) is 3.21. The van der Waals surface area contributed by atoms with Gasteiger partial charge in [-0.15, -0.1) is 0 Å². The van der Waals surface area contributed by atoms with Crippen molar-refractivity contribution >= 4 is 11.4 Å². The molecule has 0 aromatic heterocycles. The Hall–Kier alpha value is -2.94. The molecule has 0 aliphatic heterocycles. The number of nitrogen functional groups attached to an aromatic ring is 2. The predicted molar refractivity (Wildman–Crippen MR) is 87.2 cm³/mol. The molecule has 0 unspecified atom stereocenters. The van der Waals surface area contributed by atoms with Gasteiger partial charge in [-0.05, 0) is 23.8 Å². The lowest BCUT2D eigenvalue weighted by Crippen LogP contribution is -1.95. The second-order valence-corrected chi connectivity index (χ2v) is 4.76.